The lowest BCUT2D eigenvalue weighted by atomic mass is 10.1. The minimum Gasteiger partial charge on any atom is -0.340 e. The quantitative estimate of drug-likeness (QED) is 0.835. The van der Waals surface area contributed by atoms with Gasteiger partial charge in [-0.15, -0.1) is 0 Å². The first-order chi connectivity index (χ1) is 8.16. The van der Waals surface area contributed by atoms with Crippen LogP contribution < -0.4 is 5.32 Å². The third kappa shape index (κ3) is 3.28. The van der Waals surface area contributed by atoms with Crippen molar-refractivity contribution in [1.29, 1.82) is 0 Å². The zero-order valence-electron chi connectivity index (χ0n) is 10.3. The molecule has 1 saturated heterocycles. The number of carbonyl (C=O) groups is 1. The van der Waals surface area contributed by atoms with Crippen molar-refractivity contribution >= 4 is 17.2 Å². The van der Waals surface area contributed by atoms with Crippen LogP contribution in [0, 0.1) is 0 Å². The Morgan fingerprint density at radius 2 is 2.29 bits per heavy atom. The van der Waals surface area contributed by atoms with Gasteiger partial charge in [-0.25, -0.2) is 0 Å². The summed E-state index contributed by atoms with van der Waals surface area (Å²) in [6, 6.07) is 2.59. The number of likely N-dealkylation sites (N-methyl/N-ethyl adjacent to an activating group) is 2. The van der Waals surface area contributed by atoms with Gasteiger partial charge in [-0.2, -0.15) is 11.3 Å². The molecule has 0 radical (unpaired) electrons. The van der Waals surface area contributed by atoms with Crippen LogP contribution in [0.2, 0.25) is 0 Å². The maximum Gasteiger partial charge on any atom is 0.236 e. The van der Waals surface area contributed by atoms with Crippen molar-refractivity contribution in [1.82, 2.24) is 15.1 Å². The third-order valence-corrected chi connectivity index (χ3v) is 3.93. The van der Waals surface area contributed by atoms with Crippen molar-refractivity contribution in [2.45, 2.75) is 12.6 Å². The average molecular weight is 253 g/mol. The number of carbonyl (C=O) groups excluding carboxylic acids is 1. The van der Waals surface area contributed by atoms with Crippen molar-refractivity contribution in [2.24, 2.45) is 0 Å². The fourth-order valence-electron chi connectivity index (χ4n) is 1.79. The summed E-state index contributed by atoms with van der Waals surface area (Å²) in [5, 5.41) is 7.34. The van der Waals surface area contributed by atoms with E-state index in [0.717, 1.165) is 13.1 Å². The van der Waals surface area contributed by atoms with Crippen LogP contribution in [-0.2, 0) is 11.3 Å². The van der Waals surface area contributed by atoms with Crippen LogP contribution in [0.25, 0.3) is 0 Å². The molecule has 5 heteroatoms. The maximum atomic E-state index is 12.0. The molecule has 1 amide bonds. The molecule has 1 N–H and O–H groups in total. The molecule has 0 saturated carbocycles. The highest BCUT2D eigenvalue weighted by Gasteiger charge is 2.23. The van der Waals surface area contributed by atoms with Gasteiger partial charge in [0.2, 0.25) is 5.91 Å². The van der Waals surface area contributed by atoms with E-state index in [2.05, 4.69) is 21.7 Å². The summed E-state index contributed by atoms with van der Waals surface area (Å²) < 4.78 is 0. The van der Waals surface area contributed by atoms with Gasteiger partial charge >= 0.3 is 0 Å². The number of rotatable bonds is 5. The summed E-state index contributed by atoms with van der Waals surface area (Å²) >= 11 is 1.67. The monoisotopic (exact) mass is 253 g/mol. The van der Waals surface area contributed by atoms with E-state index < -0.39 is 0 Å². The van der Waals surface area contributed by atoms with Gasteiger partial charge < -0.3 is 10.2 Å². The molecule has 1 aliphatic heterocycles. The SMILES string of the molecule is CN(Cc1ccsc1)C(=O)CN(C)C1CNC1. The van der Waals surface area contributed by atoms with Gasteiger partial charge in [0.25, 0.3) is 0 Å². The Labute approximate surface area is 106 Å². The average Bonchev–Trinajstić information content (AvgIpc) is 2.67. The first kappa shape index (κ1) is 12.5. The van der Waals surface area contributed by atoms with E-state index in [0.29, 0.717) is 19.1 Å². The fraction of sp³-hybridized carbons (Fsp3) is 0.583. The van der Waals surface area contributed by atoms with Gasteiger partial charge in [-0.1, -0.05) is 0 Å². The third-order valence-electron chi connectivity index (χ3n) is 3.19. The van der Waals surface area contributed by atoms with Gasteiger partial charge in [-0.05, 0) is 29.4 Å². The molecule has 2 rings (SSSR count). The van der Waals surface area contributed by atoms with Crippen LogP contribution >= 0.6 is 11.3 Å². The van der Waals surface area contributed by atoms with E-state index >= 15 is 0 Å². The number of hydrogen-bond acceptors (Lipinski definition) is 4. The van der Waals surface area contributed by atoms with Crippen molar-refractivity contribution in [2.75, 3.05) is 33.7 Å². The van der Waals surface area contributed by atoms with Crippen molar-refractivity contribution < 1.29 is 4.79 Å². The molecule has 0 atom stereocenters. The predicted octanol–water partition coefficient (Wildman–Crippen LogP) is 0.610. The van der Waals surface area contributed by atoms with Crippen LogP contribution in [-0.4, -0.2) is 55.5 Å². The van der Waals surface area contributed by atoms with Crippen LogP contribution in [0.15, 0.2) is 16.8 Å². The largest absolute Gasteiger partial charge is 0.340 e. The van der Waals surface area contributed by atoms with E-state index in [1.807, 2.05) is 19.5 Å². The summed E-state index contributed by atoms with van der Waals surface area (Å²) in [5.74, 6) is 0.186. The van der Waals surface area contributed by atoms with E-state index in [-0.39, 0.29) is 5.91 Å². The number of nitrogens with zero attached hydrogens (tertiary/aromatic N) is 2. The first-order valence-electron chi connectivity index (χ1n) is 5.83. The molecule has 1 aromatic rings. The minimum absolute atomic E-state index is 0.186. The summed E-state index contributed by atoms with van der Waals surface area (Å²) in [5.41, 5.74) is 1.21. The molecule has 2 heterocycles. The van der Waals surface area contributed by atoms with Crippen LogP contribution in [0.5, 0.6) is 0 Å². The first-order valence-corrected chi connectivity index (χ1v) is 6.77. The highest BCUT2D eigenvalue weighted by atomic mass is 32.1. The molecule has 0 unspecified atom stereocenters. The van der Waals surface area contributed by atoms with Crippen molar-refractivity contribution in [3.8, 4) is 0 Å². The van der Waals surface area contributed by atoms with Gasteiger partial charge in [0.05, 0.1) is 6.54 Å². The molecule has 0 aliphatic carbocycles. The molecule has 1 aliphatic rings. The fourth-order valence-corrected chi connectivity index (χ4v) is 2.45. The Morgan fingerprint density at radius 3 is 2.82 bits per heavy atom. The highest BCUT2D eigenvalue weighted by Crippen LogP contribution is 2.09. The molecule has 4 nitrogen and oxygen atoms in total. The van der Waals surface area contributed by atoms with E-state index in [4.69, 9.17) is 0 Å². The standard InChI is InChI=1S/C12H19N3OS/c1-14(11-5-13-6-11)8-12(16)15(2)7-10-3-4-17-9-10/h3-4,9,11,13H,5-8H2,1-2H3. The highest BCUT2D eigenvalue weighted by molar-refractivity contribution is 7.07. The lowest BCUT2D eigenvalue weighted by molar-refractivity contribution is -0.132. The molecule has 0 aromatic carbocycles. The minimum atomic E-state index is 0.186. The summed E-state index contributed by atoms with van der Waals surface area (Å²) in [6.07, 6.45) is 0. The second-order valence-corrected chi connectivity index (χ2v) is 5.39. The Kier molecular flexibility index (Phi) is 4.15. The summed E-state index contributed by atoms with van der Waals surface area (Å²) in [6.45, 7) is 3.21. The normalized spacial score (nSPS) is 15.9. The van der Waals surface area contributed by atoms with E-state index in [1.54, 1.807) is 16.2 Å². The number of thiophene rings is 1. The lowest BCUT2D eigenvalue weighted by Crippen LogP contribution is -2.57. The van der Waals surface area contributed by atoms with Gasteiger partial charge in [0.15, 0.2) is 0 Å². The van der Waals surface area contributed by atoms with E-state index in [1.165, 1.54) is 5.56 Å². The molecule has 17 heavy (non-hydrogen) atoms. The Morgan fingerprint density at radius 1 is 1.53 bits per heavy atom. The number of amides is 1. The van der Waals surface area contributed by atoms with Crippen molar-refractivity contribution in [3.63, 3.8) is 0 Å². The van der Waals surface area contributed by atoms with E-state index in [9.17, 15) is 4.79 Å². The van der Waals surface area contributed by atoms with Gasteiger partial charge in [0.1, 0.15) is 0 Å². The molecule has 0 bridgehead atoms. The van der Waals surface area contributed by atoms with Crippen LogP contribution in [0.4, 0.5) is 0 Å². The topological polar surface area (TPSA) is 35.6 Å². The molecular weight excluding hydrogens is 234 g/mol. The molecule has 1 aromatic heterocycles. The smallest absolute Gasteiger partial charge is 0.236 e. The van der Waals surface area contributed by atoms with Gasteiger partial charge in [-0.3, -0.25) is 9.69 Å². The van der Waals surface area contributed by atoms with Crippen LogP contribution in [0.1, 0.15) is 5.56 Å². The van der Waals surface area contributed by atoms with Crippen LogP contribution in [0.3, 0.4) is 0 Å². The number of nitrogens with one attached hydrogen (secondary N) is 1. The maximum absolute atomic E-state index is 12.0. The molecule has 94 valence electrons. The Balaban J connectivity index is 1.78. The lowest BCUT2D eigenvalue weighted by Gasteiger charge is -2.35. The number of hydrogen-bond donors (Lipinski definition) is 1. The zero-order chi connectivity index (χ0) is 12.3. The second kappa shape index (κ2) is 5.62. The van der Waals surface area contributed by atoms with Crippen molar-refractivity contribution in [3.05, 3.63) is 22.4 Å². The summed E-state index contributed by atoms with van der Waals surface area (Å²) in [7, 11) is 3.88. The predicted molar refractivity (Wildman–Crippen MR) is 70.1 cm³/mol. The van der Waals surface area contributed by atoms with Gasteiger partial charge in [0, 0.05) is 32.7 Å². The summed E-state index contributed by atoms with van der Waals surface area (Å²) in [4.78, 5) is 15.9. The zero-order valence-corrected chi connectivity index (χ0v) is 11.2. The Bertz CT molecular complexity index is 362. The molecule has 1 fully saturated rings. The molecular formula is C12H19N3OS. The molecule has 0 spiro atoms. The second-order valence-electron chi connectivity index (χ2n) is 4.61. The Hall–Kier alpha value is -0.910.